The van der Waals surface area contributed by atoms with Gasteiger partial charge < -0.3 is 25.4 Å². The molecule has 2 N–H and O–H groups in total. The summed E-state index contributed by atoms with van der Waals surface area (Å²) in [6.07, 6.45) is 1.13. The first-order chi connectivity index (χ1) is 12.0. The van der Waals surface area contributed by atoms with E-state index in [1.165, 1.54) is 0 Å². The van der Waals surface area contributed by atoms with E-state index in [1.807, 2.05) is 30.3 Å². The maximum absolute atomic E-state index is 11.1. The van der Waals surface area contributed by atoms with Gasteiger partial charge in [0.15, 0.2) is 0 Å². The van der Waals surface area contributed by atoms with Crippen molar-refractivity contribution in [3.05, 3.63) is 59.9 Å². The van der Waals surface area contributed by atoms with Gasteiger partial charge in [-0.3, -0.25) is 4.79 Å². The number of nitrogens with two attached hydrogens (primary N) is 1. The maximum Gasteiger partial charge on any atom is 2.00 e. The number of hydrogen-bond donors (Lipinski definition) is 1. The van der Waals surface area contributed by atoms with Crippen molar-refractivity contribution >= 4 is 29.5 Å². The molecule has 1 heterocycles. The summed E-state index contributed by atoms with van der Waals surface area (Å²) in [5.74, 6) is -1.49. The zero-order valence-electron chi connectivity index (χ0n) is 13.7. The standard InChI is InChI=1S/C9H12N2O4S.C5H5.2CO.Fe/c1-2-15-9(14)5(10)4-16-6-3-7(12)11-8(6)13;1-2-4-5-3-1;2*1-2;/h3,5H,2,4,10H2,1H3,(H,11,12,13);1-5H;;;/q;-1;;;+2/p-1. The van der Waals surface area contributed by atoms with Crippen molar-refractivity contribution in [3.8, 4) is 0 Å². The SMILES string of the molecule is CCOC(=O)C(N)CSC1=CC(=O)[N-]C1=O.[C-]#[O+].[C-]#[O+].[Fe+2].c1cc[cH-]c1. The van der Waals surface area contributed by atoms with Crippen molar-refractivity contribution in [3.63, 3.8) is 0 Å². The fourth-order valence-corrected chi connectivity index (χ4v) is 2.13. The van der Waals surface area contributed by atoms with Gasteiger partial charge in [0.1, 0.15) is 6.04 Å². The van der Waals surface area contributed by atoms with Gasteiger partial charge in [-0.25, -0.2) is 12.1 Å². The van der Waals surface area contributed by atoms with Gasteiger partial charge in [-0.15, -0.1) is 11.8 Å². The number of ether oxygens (including phenoxy) is 1. The molecule has 26 heavy (non-hydrogen) atoms. The zero-order chi connectivity index (χ0) is 19.7. The fraction of sp³-hybridized carbons (Fsp3) is 0.250. The predicted octanol–water partition coefficient (Wildman–Crippen LogP) is 1.26. The van der Waals surface area contributed by atoms with E-state index in [4.69, 9.17) is 19.8 Å². The van der Waals surface area contributed by atoms with E-state index >= 15 is 0 Å². The second-order valence-corrected chi connectivity index (χ2v) is 4.96. The van der Waals surface area contributed by atoms with Crippen LogP contribution in [0.3, 0.4) is 0 Å². The summed E-state index contributed by atoms with van der Waals surface area (Å²) in [6.45, 7) is 10.9. The second-order valence-electron chi connectivity index (χ2n) is 3.90. The average molecular weight is 420 g/mol. The van der Waals surface area contributed by atoms with Crippen LogP contribution in [-0.4, -0.2) is 36.2 Å². The van der Waals surface area contributed by atoms with E-state index in [9.17, 15) is 14.4 Å². The van der Waals surface area contributed by atoms with Crippen LogP contribution in [0.4, 0.5) is 0 Å². The summed E-state index contributed by atoms with van der Waals surface area (Å²) < 4.78 is 19.7. The van der Waals surface area contributed by atoms with Crippen LogP contribution in [0, 0.1) is 13.3 Å². The Morgan fingerprint density at radius 1 is 1.31 bits per heavy atom. The molecular weight excluding hydrogens is 404 g/mol. The molecule has 1 aromatic carbocycles. The van der Waals surface area contributed by atoms with Crippen LogP contribution in [0.1, 0.15) is 6.92 Å². The molecule has 8 nitrogen and oxygen atoms in total. The third kappa shape index (κ3) is 13.3. The molecule has 0 saturated heterocycles. The van der Waals surface area contributed by atoms with Crippen LogP contribution in [0.25, 0.3) is 5.32 Å². The molecule has 1 aromatic rings. The minimum atomic E-state index is -0.811. The van der Waals surface area contributed by atoms with Crippen molar-refractivity contribution in [2.24, 2.45) is 5.73 Å². The number of esters is 1. The van der Waals surface area contributed by atoms with Crippen LogP contribution in [0.5, 0.6) is 0 Å². The molecule has 140 valence electrons. The number of hydrogen-bond acceptors (Lipinski definition) is 6. The van der Waals surface area contributed by atoms with Gasteiger partial charge in [-0.05, 0) is 13.0 Å². The van der Waals surface area contributed by atoms with E-state index in [-0.39, 0.29) is 34.3 Å². The average Bonchev–Trinajstić information content (AvgIpc) is 3.30. The Kier molecular flexibility index (Phi) is 21.4. The normalized spacial score (nSPS) is 12.0. The first-order valence-corrected chi connectivity index (χ1v) is 7.67. The number of amides is 2. The molecule has 1 atom stereocenters. The van der Waals surface area contributed by atoms with Crippen molar-refractivity contribution < 1.29 is 45.5 Å². The maximum atomic E-state index is 11.1. The van der Waals surface area contributed by atoms with Gasteiger partial charge in [0.05, 0.1) is 18.4 Å². The predicted molar refractivity (Wildman–Crippen MR) is 88.4 cm³/mol. The Bertz CT molecular complexity index is 575. The molecule has 1 aliphatic rings. The topological polar surface area (TPSA) is 140 Å². The first-order valence-electron chi connectivity index (χ1n) is 6.68. The summed E-state index contributed by atoms with van der Waals surface area (Å²) in [7, 11) is 0. The Labute approximate surface area is 166 Å². The van der Waals surface area contributed by atoms with Gasteiger partial charge in [0.25, 0.3) is 0 Å². The van der Waals surface area contributed by atoms with Crippen LogP contribution < -0.4 is 5.73 Å². The molecule has 1 aliphatic heterocycles. The molecule has 0 aliphatic carbocycles. The van der Waals surface area contributed by atoms with Crippen LogP contribution >= 0.6 is 11.8 Å². The third-order valence-electron chi connectivity index (χ3n) is 2.24. The molecule has 0 radical (unpaired) electrons. The molecule has 2 rings (SSSR count). The molecule has 0 spiro atoms. The molecule has 10 heteroatoms. The van der Waals surface area contributed by atoms with Gasteiger partial charge in [-0.1, -0.05) is 0 Å². The molecule has 0 saturated carbocycles. The zero-order valence-corrected chi connectivity index (χ0v) is 15.6. The van der Waals surface area contributed by atoms with Gasteiger partial charge >= 0.3 is 45.6 Å². The van der Waals surface area contributed by atoms with Crippen molar-refractivity contribution in [1.82, 2.24) is 0 Å². The van der Waals surface area contributed by atoms with Crippen LogP contribution in [0.15, 0.2) is 41.3 Å². The number of rotatable bonds is 5. The van der Waals surface area contributed by atoms with Gasteiger partial charge in [0, 0.05) is 10.7 Å². The second kappa shape index (κ2) is 19.3. The number of carbonyl (C=O) groups is 3. The minimum Gasteiger partial charge on any atom is -0.214 e. The molecule has 1 unspecified atom stereocenters. The molecule has 0 aromatic heterocycles. The van der Waals surface area contributed by atoms with Gasteiger partial charge in [0.2, 0.25) is 0 Å². The molecular formula is C16H16FeN2O6S. The number of thioether (sulfide) groups is 1. The number of carbonyl (C=O) groups excluding carboxylic acids is 3. The smallest absolute Gasteiger partial charge is 0.214 e. The summed E-state index contributed by atoms with van der Waals surface area (Å²) in [5, 5.41) is 3.18. The summed E-state index contributed by atoms with van der Waals surface area (Å²) in [5.41, 5.74) is 5.51. The van der Waals surface area contributed by atoms with Crippen molar-refractivity contribution in [2.75, 3.05) is 12.4 Å². The quantitative estimate of drug-likeness (QED) is 0.250. The first kappa shape index (κ1) is 28.8. The fourth-order valence-electron chi connectivity index (χ4n) is 1.28. The van der Waals surface area contributed by atoms with E-state index in [1.54, 1.807) is 6.92 Å². The third-order valence-corrected chi connectivity index (χ3v) is 3.37. The minimum absolute atomic E-state index is 0. The largest absolute Gasteiger partial charge is 2.00 e. The van der Waals surface area contributed by atoms with E-state index in [0.29, 0.717) is 0 Å². The Hall–Kier alpha value is -1.99. The van der Waals surface area contributed by atoms with Crippen molar-refractivity contribution in [2.45, 2.75) is 13.0 Å². The van der Waals surface area contributed by atoms with E-state index in [2.05, 4.69) is 18.6 Å². The Morgan fingerprint density at radius 2 is 1.85 bits per heavy atom. The van der Waals surface area contributed by atoms with Gasteiger partial charge in [-0.2, -0.15) is 18.2 Å². The van der Waals surface area contributed by atoms with Crippen LogP contribution in [0.2, 0.25) is 0 Å². The summed E-state index contributed by atoms with van der Waals surface area (Å²) >= 11 is 1.03. The number of nitrogens with zero attached hydrogens (tertiary/aromatic N) is 1. The Balaban J connectivity index is -0.000000442. The Morgan fingerprint density at radius 3 is 2.19 bits per heavy atom. The van der Waals surface area contributed by atoms with Crippen molar-refractivity contribution in [1.29, 1.82) is 0 Å². The molecule has 0 fully saturated rings. The van der Waals surface area contributed by atoms with E-state index < -0.39 is 23.8 Å². The monoisotopic (exact) mass is 420 g/mol. The molecule has 0 bridgehead atoms. The number of imide groups is 1. The summed E-state index contributed by atoms with van der Waals surface area (Å²) in [4.78, 5) is 33.2. The van der Waals surface area contributed by atoms with Crippen LogP contribution in [-0.2, 0) is 45.5 Å². The summed E-state index contributed by atoms with van der Waals surface area (Å²) in [6, 6.07) is 9.19. The van der Waals surface area contributed by atoms with E-state index in [0.717, 1.165) is 17.8 Å². The molecule has 2 amide bonds.